The number of aliphatic hydroxyl groups excluding tert-OH is 1. The predicted octanol–water partition coefficient (Wildman–Crippen LogP) is 1.35. The van der Waals surface area contributed by atoms with E-state index in [2.05, 4.69) is 4.72 Å². The highest BCUT2D eigenvalue weighted by atomic mass is 32.2. The maximum absolute atomic E-state index is 12.1. The van der Waals surface area contributed by atoms with E-state index in [1.165, 1.54) is 6.07 Å². The zero-order valence-corrected chi connectivity index (χ0v) is 12.0. The minimum atomic E-state index is -3.58. The molecule has 19 heavy (non-hydrogen) atoms. The molecule has 0 aliphatic rings. The monoisotopic (exact) mass is 286 g/mol. The second kappa shape index (κ2) is 7.47. The van der Waals surface area contributed by atoms with Gasteiger partial charge in [0, 0.05) is 13.2 Å². The van der Waals surface area contributed by atoms with E-state index in [1.807, 2.05) is 6.92 Å². The lowest BCUT2D eigenvalue weighted by atomic mass is 10.0. The van der Waals surface area contributed by atoms with Crippen LogP contribution in [0.4, 0.5) is 5.69 Å². The number of nitrogens with two attached hydrogens (primary N) is 1. The molecular formula is C13H22N2O3S. The zero-order chi connectivity index (χ0) is 14.3. The van der Waals surface area contributed by atoms with Gasteiger partial charge in [0.05, 0.1) is 5.69 Å². The van der Waals surface area contributed by atoms with Crippen molar-refractivity contribution < 1.29 is 13.5 Å². The molecule has 6 heteroatoms. The molecule has 1 rings (SSSR count). The molecule has 0 saturated carbocycles. The summed E-state index contributed by atoms with van der Waals surface area (Å²) in [6.45, 7) is 2.43. The summed E-state index contributed by atoms with van der Waals surface area (Å²) in [4.78, 5) is 0.106. The fraction of sp³-hybridized carbons (Fsp3) is 0.538. The second-order valence-electron chi connectivity index (χ2n) is 4.56. The van der Waals surface area contributed by atoms with Gasteiger partial charge in [0.2, 0.25) is 10.0 Å². The van der Waals surface area contributed by atoms with Gasteiger partial charge in [-0.15, -0.1) is 0 Å². The topological polar surface area (TPSA) is 92.4 Å². The van der Waals surface area contributed by atoms with E-state index in [-0.39, 0.29) is 23.1 Å². The lowest BCUT2D eigenvalue weighted by Gasteiger charge is -2.16. The standard InChI is InChI=1S/C13H22N2O3S/c1-2-5-11(8-9-16)10-15-19(17,18)13-7-4-3-6-12(13)14/h3-4,6-7,11,15-16H,2,5,8-10,14H2,1H3. The van der Waals surface area contributed by atoms with Gasteiger partial charge in [0.1, 0.15) is 4.90 Å². The van der Waals surface area contributed by atoms with Crippen molar-refractivity contribution in [2.24, 2.45) is 5.92 Å². The molecule has 0 bridgehead atoms. The molecule has 0 heterocycles. The second-order valence-corrected chi connectivity index (χ2v) is 6.29. The van der Waals surface area contributed by atoms with E-state index in [0.29, 0.717) is 13.0 Å². The Bertz CT molecular complexity index is 482. The van der Waals surface area contributed by atoms with E-state index in [1.54, 1.807) is 18.2 Å². The van der Waals surface area contributed by atoms with Gasteiger partial charge in [-0.3, -0.25) is 0 Å². The van der Waals surface area contributed by atoms with Gasteiger partial charge in [-0.2, -0.15) is 0 Å². The quantitative estimate of drug-likeness (QED) is 0.629. The fourth-order valence-electron chi connectivity index (χ4n) is 1.97. The summed E-state index contributed by atoms with van der Waals surface area (Å²) in [5, 5.41) is 8.96. The van der Waals surface area contributed by atoms with Crippen molar-refractivity contribution in [3.05, 3.63) is 24.3 Å². The van der Waals surface area contributed by atoms with Crippen molar-refractivity contribution in [2.75, 3.05) is 18.9 Å². The molecule has 0 aliphatic heterocycles. The van der Waals surface area contributed by atoms with Crippen LogP contribution in [0.1, 0.15) is 26.2 Å². The van der Waals surface area contributed by atoms with Crippen LogP contribution in [0.15, 0.2) is 29.2 Å². The minimum absolute atomic E-state index is 0.0693. The lowest BCUT2D eigenvalue weighted by molar-refractivity contribution is 0.251. The average molecular weight is 286 g/mol. The first kappa shape index (κ1) is 15.9. The number of benzene rings is 1. The smallest absolute Gasteiger partial charge is 0.242 e. The summed E-state index contributed by atoms with van der Waals surface area (Å²) in [6, 6.07) is 6.38. The van der Waals surface area contributed by atoms with Crippen LogP contribution in [-0.4, -0.2) is 26.7 Å². The molecule has 1 atom stereocenters. The summed E-state index contributed by atoms with van der Waals surface area (Å²) < 4.78 is 26.8. The average Bonchev–Trinajstić information content (AvgIpc) is 2.37. The Labute approximate surface area is 114 Å². The van der Waals surface area contributed by atoms with Gasteiger partial charge in [-0.05, 0) is 30.9 Å². The molecule has 5 nitrogen and oxygen atoms in total. The van der Waals surface area contributed by atoms with Crippen LogP contribution in [0.2, 0.25) is 0 Å². The van der Waals surface area contributed by atoms with Crippen molar-refractivity contribution in [1.29, 1.82) is 0 Å². The number of aliphatic hydroxyl groups is 1. The first-order chi connectivity index (χ1) is 9.01. The van der Waals surface area contributed by atoms with Crippen LogP contribution < -0.4 is 10.5 Å². The van der Waals surface area contributed by atoms with E-state index in [0.717, 1.165) is 12.8 Å². The summed E-state index contributed by atoms with van der Waals surface area (Å²) >= 11 is 0. The van der Waals surface area contributed by atoms with Gasteiger partial charge >= 0.3 is 0 Å². The van der Waals surface area contributed by atoms with Crippen molar-refractivity contribution >= 4 is 15.7 Å². The predicted molar refractivity (Wildman–Crippen MR) is 76.1 cm³/mol. The number of nitrogens with one attached hydrogen (secondary N) is 1. The van der Waals surface area contributed by atoms with Crippen molar-refractivity contribution in [1.82, 2.24) is 4.72 Å². The molecule has 0 radical (unpaired) electrons. The van der Waals surface area contributed by atoms with Crippen LogP contribution >= 0.6 is 0 Å². The van der Waals surface area contributed by atoms with Gasteiger partial charge in [0.25, 0.3) is 0 Å². The lowest BCUT2D eigenvalue weighted by Crippen LogP contribution is -2.30. The third kappa shape index (κ3) is 4.81. The Kier molecular flexibility index (Phi) is 6.27. The Morgan fingerprint density at radius 3 is 2.58 bits per heavy atom. The van der Waals surface area contributed by atoms with Crippen LogP contribution in [0, 0.1) is 5.92 Å². The first-order valence-corrected chi connectivity index (χ1v) is 7.94. The number of rotatable bonds is 8. The largest absolute Gasteiger partial charge is 0.398 e. The Morgan fingerprint density at radius 1 is 1.32 bits per heavy atom. The molecule has 1 aromatic rings. The Hall–Kier alpha value is -1.11. The van der Waals surface area contributed by atoms with E-state index in [4.69, 9.17) is 10.8 Å². The molecule has 0 fully saturated rings. The SMILES string of the molecule is CCCC(CCO)CNS(=O)(=O)c1ccccc1N. The molecule has 4 N–H and O–H groups in total. The van der Waals surface area contributed by atoms with Crippen LogP contribution in [0.3, 0.4) is 0 Å². The molecule has 1 unspecified atom stereocenters. The number of hydrogen-bond donors (Lipinski definition) is 3. The third-order valence-electron chi connectivity index (χ3n) is 3.00. The normalized spacial score (nSPS) is 13.4. The van der Waals surface area contributed by atoms with E-state index >= 15 is 0 Å². The zero-order valence-electron chi connectivity index (χ0n) is 11.2. The molecule has 0 spiro atoms. The highest BCUT2D eigenvalue weighted by Crippen LogP contribution is 2.18. The van der Waals surface area contributed by atoms with Crippen molar-refractivity contribution in [3.63, 3.8) is 0 Å². The van der Waals surface area contributed by atoms with Crippen molar-refractivity contribution in [3.8, 4) is 0 Å². The summed E-state index contributed by atoms with van der Waals surface area (Å²) in [5.74, 6) is 0.148. The van der Waals surface area contributed by atoms with Crippen molar-refractivity contribution in [2.45, 2.75) is 31.1 Å². The van der Waals surface area contributed by atoms with Gasteiger partial charge < -0.3 is 10.8 Å². The first-order valence-electron chi connectivity index (χ1n) is 6.46. The molecule has 0 amide bonds. The van der Waals surface area contributed by atoms with E-state index < -0.39 is 10.0 Å². The highest BCUT2D eigenvalue weighted by Gasteiger charge is 2.18. The Morgan fingerprint density at radius 2 is 2.00 bits per heavy atom. The number of anilines is 1. The number of nitrogen functional groups attached to an aromatic ring is 1. The third-order valence-corrected chi connectivity index (χ3v) is 4.50. The van der Waals surface area contributed by atoms with Crippen LogP contribution in [0.5, 0.6) is 0 Å². The molecule has 0 saturated heterocycles. The maximum Gasteiger partial charge on any atom is 0.242 e. The fourth-order valence-corrected chi connectivity index (χ4v) is 3.22. The number of hydrogen-bond acceptors (Lipinski definition) is 4. The van der Waals surface area contributed by atoms with Crippen LogP contribution in [-0.2, 0) is 10.0 Å². The Balaban J connectivity index is 2.72. The summed E-state index contributed by atoms with van der Waals surface area (Å²) in [6.07, 6.45) is 2.44. The summed E-state index contributed by atoms with van der Waals surface area (Å²) in [5.41, 5.74) is 5.91. The van der Waals surface area contributed by atoms with Gasteiger partial charge in [0.15, 0.2) is 0 Å². The molecule has 0 aliphatic carbocycles. The van der Waals surface area contributed by atoms with E-state index in [9.17, 15) is 8.42 Å². The van der Waals surface area contributed by atoms with Gasteiger partial charge in [-0.25, -0.2) is 13.1 Å². The summed E-state index contributed by atoms with van der Waals surface area (Å²) in [7, 11) is -3.58. The molecule has 0 aromatic heterocycles. The number of para-hydroxylation sites is 1. The van der Waals surface area contributed by atoms with Gasteiger partial charge in [-0.1, -0.05) is 25.5 Å². The molecule has 108 valence electrons. The highest BCUT2D eigenvalue weighted by molar-refractivity contribution is 7.89. The maximum atomic E-state index is 12.1. The number of sulfonamides is 1. The minimum Gasteiger partial charge on any atom is -0.398 e. The molecular weight excluding hydrogens is 264 g/mol. The molecule has 1 aromatic carbocycles. The van der Waals surface area contributed by atoms with Crippen LogP contribution in [0.25, 0.3) is 0 Å².